The average molecular weight is 532 g/mol. The van der Waals surface area contributed by atoms with Crippen LogP contribution >= 0.6 is 0 Å². The Bertz CT molecular complexity index is 1160. The van der Waals surface area contributed by atoms with Crippen LogP contribution in [0.4, 0.5) is 4.39 Å². The maximum Gasteiger partial charge on any atom is 0.306 e. The zero-order valence-electron chi connectivity index (χ0n) is 22.9. The fourth-order valence-corrected chi connectivity index (χ4v) is 6.54. The fourth-order valence-electron chi connectivity index (χ4n) is 6.54. The molecule has 0 bridgehead atoms. The van der Waals surface area contributed by atoms with Crippen LogP contribution in [0, 0.1) is 29.5 Å². The van der Waals surface area contributed by atoms with Gasteiger partial charge in [-0.1, -0.05) is 61.4 Å². The first-order chi connectivity index (χ1) is 19.0. The first kappa shape index (κ1) is 27.6. The predicted molar refractivity (Wildman–Crippen MR) is 152 cm³/mol. The Morgan fingerprint density at radius 3 is 2.23 bits per heavy atom. The van der Waals surface area contributed by atoms with Crippen LogP contribution in [0.3, 0.4) is 0 Å². The minimum atomic E-state index is -0.547. The number of nitrogens with one attached hydrogen (secondary N) is 1. The molecule has 2 aliphatic carbocycles. The number of hydrogen-bond acceptors (Lipinski definition) is 3. The summed E-state index contributed by atoms with van der Waals surface area (Å²) < 4.78 is 11.9. The lowest BCUT2D eigenvalue weighted by Crippen LogP contribution is -2.36. The van der Waals surface area contributed by atoms with Gasteiger partial charge in [0.2, 0.25) is 0 Å². The van der Waals surface area contributed by atoms with Crippen molar-refractivity contribution in [2.75, 3.05) is 19.6 Å². The van der Waals surface area contributed by atoms with Crippen molar-refractivity contribution in [2.45, 2.75) is 63.7 Å². The topological polar surface area (TPSA) is 69.2 Å². The first-order valence-corrected chi connectivity index (χ1v) is 14.8. The molecule has 0 spiro atoms. The van der Waals surface area contributed by atoms with Gasteiger partial charge in [-0.05, 0) is 93.1 Å². The molecule has 3 unspecified atom stereocenters. The van der Waals surface area contributed by atoms with Gasteiger partial charge in [0, 0.05) is 24.6 Å². The maximum atomic E-state index is 11.9. The zero-order chi connectivity index (χ0) is 27.0. The number of aliphatic carboxylic acids is 1. The fraction of sp³-hybridized carbons (Fsp3) is 0.515. The van der Waals surface area contributed by atoms with E-state index in [2.05, 4.69) is 51.5 Å². The van der Waals surface area contributed by atoms with Crippen molar-refractivity contribution in [3.05, 3.63) is 89.5 Å². The highest BCUT2D eigenvalue weighted by Gasteiger charge is 2.39. The summed E-state index contributed by atoms with van der Waals surface area (Å²) >= 11 is 0. The number of aromatic nitrogens is 2. The van der Waals surface area contributed by atoms with Crippen LogP contribution in [0.15, 0.2) is 66.7 Å². The number of carboxylic acids is 1. The molecule has 1 aliphatic heterocycles. The minimum absolute atomic E-state index is 0.0945. The molecule has 2 aromatic carbocycles. The minimum Gasteiger partial charge on any atom is -0.481 e. The molecule has 1 saturated heterocycles. The Hall–Kier alpha value is -2.99. The van der Waals surface area contributed by atoms with Crippen molar-refractivity contribution in [1.82, 2.24) is 15.1 Å². The third-order valence-electron chi connectivity index (χ3n) is 8.90. The Balaban J connectivity index is 0.000000384. The summed E-state index contributed by atoms with van der Waals surface area (Å²) in [6.45, 7) is 3.42. The first-order valence-electron chi connectivity index (χ1n) is 14.8. The van der Waals surface area contributed by atoms with E-state index in [4.69, 9.17) is 0 Å². The summed E-state index contributed by atoms with van der Waals surface area (Å²) in [5, 5.41) is 17.6. The van der Waals surface area contributed by atoms with E-state index in [-0.39, 0.29) is 11.7 Å². The molecule has 6 rings (SSSR count). The molecule has 39 heavy (non-hydrogen) atoms. The monoisotopic (exact) mass is 531 g/mol. The maximum absolute atomic E-state index is 11.9. The van der Waals surface area contributed by atoms with Gasteiger partial charge in [-0.15, -0.1) is 0 Å². The number of carboxylic acid groups (broad SMARTS) is 1. The van der Waals surface area contributed by atoms with Crippen molar-refractivity contribution in [3.63, 3.8) is 0 Å². The number of nitrogens with zero attached hydrogens (tertiary/aromatic N) is 2. The number of halogens is 1. The number of carbonyl (C=O) groups is 1. The zero-order valence-corrected chi connectivity index (χ0v) is 22.9. The van der Waals surface area contributed by atoms with Crippen molar-refractivity contribution >= 4 is 5.97 Å². The van der Waals surface area contributed by atoms with Crippen molar-refractivity contribution in [3.8, 4) is 0 Å². The predicted octanol–water partition coefficient (Wildman–Crippen LogP) is 6.92. The molecule has 3 aliphatic rings. The average Bonchev–Trinajstić information content (AvgIpc) is 3.46. The molecular formula is C33H42FN3O2. The van der Waals surface area contributed by atoms with Crippen LogP contribution in [0.5, 0.6) is 0 Å². The van der Waals surface area contributed by atoms with Crippen molar-refractivity contribution in [2.24, 2.45) is 23.7 Å². The van der Waals surface area contributed by atoms with Gasteiger partial charge in [0.05, 0.1) is 11.6 Å². The second kappa shape index (κ2) is 13.4. The van der Waals surface area contributed by atoms with E-state index in [1.807, 2.05) is 0 Å². The molecule has 5 nitrogen and oxygen atoms in total. The summed E-state index contributed by atoms with van der Waals surface area (Å²) in [7, 11) is 0. The van der Waals surface area contributed by atoms with E-state index in [1.54, 1.807) is 18.2 Å². The summed E-state index contributed by atoms with van der Waals surface area (Å²) in [6.07, 6.45) is 10.1. The molecule has 6 heteroatoms. The number of rotatable bonds is 9. The highest BCUT2D eigenvalue weighted by atomic mass is 19.1. The van der Waals surface area contributed by atoms with E-state index in [0.29, 0.717) is 23.7 Å². The summed E-state index contributed by atoms with van der Waals surface area (Å²) in [5.74, 6) is 1.52. The molecule has 2 N–H and O–H groups in total. The van der Waals surface area contributed by atoms with E-state index < -0.39 is 5.97 Å². The Morgan fingerprint density at radius 1 is 0.949 bits per heavy atom. The number of piperidine rings is 1. The van der Waals surface area contributed by atoms with Gasteiger partial charge in [0.1, 0.15) is 5.82 Å². The van der Waals surface area contributed by atoms with E-state index in [9.17, 15) is 14.3 Å². The van der Waals surface area contributed by atoms with Gasteiger partial charge < -0.3 is 10.0 Å². The third kappa shape index (κ3) is 8.25. The van der Waals surface area contributed by atoms with E-state index >= 15 is 0 Å². The van der Waals surface area contributed by atoms with Gasteiger partial charge in [-0.3, -0.25) is 9.89 Å². The van der Waals surface area contributed by atoms with E-state index in [0.717, 1.165) is 45.3 Å². The van der Waals surface area contributed by atoms with Gasteiger partial charge in [0.25, 0.3) is 0 Å². The molecule has 208 valence electrons. The molecule has 3 aromatic rings. The summed E-state index contributed by atoms with van der Waals surface area (Å²) in [6, 6.07) is 20.8. The number of likely N-dealkylation sites (tertiary alicyclic amines) is 1. The van der Waals surface area contributed by atoms with Gasteiger partial charge in [0.15, 0.2) is 0 Å². The molecule has 2 heterocycles. The Labute approximate surface area is 231 Å². The van der Waals surface area contributed by atoms with Crippen LogP contribution in [-0.4, -0.2) is 45.8 Å². The number of aromatic amines is 1. The molecule has 2 saturated carbocycles. The second-order valence-corrected chi connectivity index (χ2v) is 11.9. The van der Waals surface area contributed by atoms with Gasteiger partial charge >= 0.3 is 5.97 Å². The van der Waals surface area contributed by atoms with E-state index in [1.165, 1.54) is 61.2 Å². The lowest BCUT2D eigenvalue weighted by molar-refractivity contribution is -0.144. The summed E-state index contributed by atoms with van der Waals surface area (Å²) in [4.78, 5) is 14.4. The standard InChI is InChI=1S/C27H37N3O2.C6H5F/c31-27(32)25(16-20-6-7-20)23-9-8-21(14-23)18-30-12-10-22(11-13-30)26-17-24(28-29-26)15-19-4-2-1-3-5-19;7-6-4-2-1-3-5-6/h1-5,17,20-23,25H,6-16,18H2,(H,28,29)(H,31,32);1-5H. The molecule has 0 amide bonds. The van der Waals surface area contributed by atoms with Crippen LogP contribution in [-0.2, 0) is 11.2 Å². The quantitative estimate of drug-likeness (QED) is 0.314. The van der Waals surface area contributed by atoms with Crippen LogP contribution < -0.4 is 0 Å². The Morgan fingerprint density at radius 2 is 1.62 bits per heavy atom. The van der Waals surface area contributed by atoms with Crippen molar-refractivity contribution in [1.29, 1.82) is 0 Å². The van der Waals surface area contributed by atoms with Gasteiger partial charge in [-0.25, -0.2) is 4.39 Å². The lowest BCUT2D eigenvalue weighted by Gasteiger charge is -2.33. The van der Waals surface area contributed by atoms with Crippen LogP contribution in [0.1, 0.15) is 74.2 Å². The molecule has 1 aromatic heterocycles. The number of H-pyrrole nitrogens is 1. The SMILES string of the molecule is Fc1ccccc1.O=C(O)C(CC1CC1)C1CCC(CN2CCC(c3cc(Cc4ccccc4)[nH]n3)CC2)C1. The lowest BCUT2D eigenvalue weighted by atomic mass is 9.85. The second-order valence-electron chi connectivity index (χ2n) is 11.9. The van der Waals surface area contributed by atoms with Gasteiger partial charge in [-0.2, -0.15) is 5.10 Å². The normalized spacial score (nSPS) is 22.7. The highest BCUT2D eigenvalue weighted by Crippen LogP contribution is 2.43. The summed E-state index contributed by atoms with van der Waals surface area (Å²) in [5.41, 5.74) is 3.74. The van der Waals surface area contributed by atoms with Crippen LogP contribution in [0.25, 0.3) is 0 Å². The highest BCUT2D eigenvalue weighted by molar-refractivity contribution is 5.70. The number of benzene rings is 2. The van der Waals surface area contributed by atoms with Crippen molar-refractivity contribution < 1.29 is 14.3 Å². The molecule has 3 atom stereocenters. The number of hydrogen-bond donors (Lipinski definition) is 2. The van der Waals surface area contributed by atoms with Crippen LogP contribution in [0.2, 0.25) is 0 Å². The smallest absolute Gasteiger partial charge is 0.306 e. The molecular weight excluding hydrogens is 489 g/mol. The molecule has 3 fully saturated rings. The Kier molecular flexibility index (Phi) is 9.46. The largest absolute Gasteiger partial charge is 0.481 e. The third-order valence-corrected chi connectivity index (χ3v) is 8.90. The molecule has 0 radical (unpaired) electrons.